The Morgan fingerprint density at radius 3 is 2.28 bits per heavy atom. The zero-order valence-electron chi connectivity index (χ0n) is 15.5. The number of hydrogen-bond donors (Lipinski definition) is 1. The van der Waals surface area contributed by atoms with Gasteiger partial charge in [-0.05, 0) is 20.8 Å². The smallest absolute Gasteiger partial charge is 0.269 e. The van der Waals surface area contributed by atoms with Gasteiger partial charge in [0.25, 0.3) is 5.91 Å². The molecule has 0 aliphatic carbocycles. The second-order valence-electron chi connectivity index (χ2n) is 7.01. The van der Waals surface area contributed by atoms with Crippen LogP contribution in [0.5, 0.6) is 0 Å². The summed E-state index contributed by atoms with van der Waals surface area (Å²) in [5.41, 5.74) is 0.470. The molecule has 0 fully saturated rings. The lowest BCUT2D eigenvalue weighted by molar-refractivity contribution is -0.116. The number of rotatable bonds is 4. The highest BCUT2D eigenvalue weighted by Gasteiger charge is 2.24. The first kappa shape index (κ1) is 19.5. The number of thiazole rings is 1. The van der Waals surface area contributed by atoms with Crippen LogP contribution >= 0.6 is 22.7 Å². The summed E-state index contributed by atoms with van der Waals surface area (Å²) in [4.78, 5) is 30.8. The molecule has 0 unspecified atom stereocenters. The maximum Gasteiger partial charge on any atom is 0.269 e. The van der Waals surface area contributed by atoms with Crippen molar-refractivity contribution in [1.29, 1.82) is 0 Å². The van der Waals surface area contributed by atoms with E-state index in [2.05, 4.69) is 20.5 Å². The summed E-state index contributed by atoms with van der Waals surface area (Å²) in [5, 5.41) is 12.8. The molecule has 1 N–H and O–H groups in total. The molecule has 0 spiro atoms. The van der Waals surface area contributed by atoms with Gasteiger partial charge in [-0.25, -0.2) is 4.98 Å². The van der Waals surface area contributed by atoms with E-state index in [4.69, 9.17) is 0 Å². The van der Waals surface area contributed by atoms with Gasteiger partial charge in [-0.3, -0.25) is 19.8 Å². The molecule has 2 aromatic rings. The van der Waals surface area contributed by atoms with Gasteiger partial charge >= 0.3 is 0 Å². The average molecular weight is 382 g/mol. The maximum atomic E-state index is 12.6. The van der Waals surface area contributed by atoms with E-state index >= 15 is 0 Å². The van der Waals surface area contributed by atoms with E-state index in [1.165, 1.54) is 29.6 Å². The Labute approximate surface area is 155 Å². The van der Waals surface area contributed by atoms with Gasteiger partial charge in [0.05, 0.1) is 5.69 Å². The number of carbonyl (C=O) groups is 2. The van der Waals surface area contributed by atoms with Crippen molar-refractivity contribution in [3.05, 3.63) is 15.6 Å². The summed E-state index contributed by atoms with van der Waals surface area (Å²) >= 11 is 2.56. The largest absolute Gasteiger partial charge is 0.296 e. The minimum absolute atomic E-state index is 0.0310. The van der Waals surface area contributed by atoms with E-state index in [-0.39, 0.29) is 23.3 Å². The van der Waals surface area contributed by atoms with Crippen LogP contribution in [0, 0.1) is 6.92 Å². The lowest BCUT2D eigenvalue weighted by Gasteiger charge is -2.21. The van der Waals surface area contributed by atoms with E-state index in [0.29, 0.717) is 20.8 Å². The first-order chi connectivity index (χ1) is 11.5. The van der Waals surface area contributed by atoms with Crippen LogP contribution < -0.4 is 10.2 Å². The minimum atomic E-state index is -0.287. The predicted octanol–water partition coefficient (Wildman–Crippen LogP) is 3.61. The topological polar surface area (TPSA) is 88.1 Å². The van der Waals surface area contributed by atoms with Crippen LogP contribution in [-0.4, -0.2) is 33.0 Å². The third-order valence-corrected chi connectivity index (χ3v) is 5.76. The molecule has 0 aliphatic heterocycles. The molecule has 2 rings (SSSR count). The fourth-order valence-corrected chi connectivity index (χ4v) is 4.08. The standard InChI is InChI=1S/C16H23N5O2S2/c1-8(2)21(10(4)22)15-17-9(3)11(24-15)12(23)18-14-20-19-13(25-14)16(5,6)7/h8H,1-7H3,(H,18,20,23). The number of nitrogens with zero attached hydrogens (tertiary/aromatic N) is 4. The molecule has 2 aromatic heterocycles. The molecule has 0 saturated heterocycles. The Bertz CT molecular complexity index is 789. The number of hydrogen-bond acceptors (Lipinski definition) is 7. The van der Waals surface area contributed by atoms with Crippen LogP contribution in [0.2, 0.25) is 0 Å². The zero-order chi connectivity index (χ0) is 18.9. The molecule has 0 aliphatic rings. The second kappa shape index (κ2) is 7.17. The first-order valence-corrected chi connectivity index (χ1v) is 9.56. The number of amides is 2. The molecule has 0 aromatic carbocycles. The highest BCUT2D eigenvalue weighted by Crippen LogP contribution is 2.30. The summed E-state index contributed by atoms with van der Waals surface area (Å²) < 4.78 is 0. The van der Waals surface area contributed by atoms with Crippen LogP contribution in [0.25, 0.3) is 0 Å². The van der Waals surface area contributed by atoms with Gasteiger partial charge in [0.15, 0.2) is 5.13 Å². The maximum absolute atomic E-state index is 12.6. The van der Waals surface area contributed by atoms with Crippen molar-refractivity contribution < 1.29 is 9.59 Å². The zero-order valence-corrected chi connectivity index (χ0v) is 17.1. The Hall–Kier alpha value is -1.87. The van der Waals surface area contributed by atoms with Gasteiger partial charge in [0, 0.05) is 18.4 Å². The van der Waals surface area contributed by atoms with Crippen molar-refractivity contribution in [2.24, 2.45) is 0 Å². The lowest BCUT2D eigenvalue weighted by Crippen LogP contribution is -2.34. The van der Waals surface area contributed by atoms with Gasteiger partial charge in [-0.15, -0.1) is 10.2 Å². The highest BCUT2D eigenvalue weighted by molar-refractivity contribution is 7.18. The average Bonchev–Trinajstić information content (AvgIpc) is 3.04. The Balaban J connectivity index is 2.23. The van der Waals surface area contributed by atoms with Gasteiger partial charge in [-0.1, -0.05) is 43.4 Å². The molecule has 0 saturated carbocycles. The molecule has 25 heavy (non-hydrogen) atoms. The number of anilines is 2. The minimum Gasteiger partial charge on any atom is -0.296 e. The van der Waals surface area contributed by atoms with E-state index in [0.717, 1.165) is 5.01 Å². The molecular formula is C16H23N5O2S2. The van der Waals surface area contributed by atoms with Crippen molar-refractivity contribution in [3.63, 3.8) is 0 Å². The van der Waals surface area contributed by atoms with Crippen LogP contribution in [0.15, 0.2) is 0 Å². The van der Waals surface area contributed by atoms with Gasteiger partial charge in [-0.2, -0.15) is 0 Å². The quantitative estimate of drug-likeness (QED) is 0.874. The number of nitrogens with one attached hydrogen (secondary N) is 1. The van der Waals surface area contributed by atoms with Gasteiger partial charge < -0.3 is 0 Å². The molecule has 0 bridgehead atoms. The van der Waals surface area contributed by atoms with Gasteiger partial charge in [0.2, 0.25) is 11.0 Å². The SMILES string of the molecule is CC(=O)N(c1nc(C)c(C(=O)Nc2nnc(C(C)(C)C)s2)s1)C(C)C. The lowest BCUT2D eigenvalue weighted by atomic mass is 9.98. The monoisotopic (exact) mass is 381 g/mol. The summed E-state index contributed by atoms with van der Waals surface area (Å²) in [6.07, 6.45) is 0. The number of aromatic nitrogens is 3. The molecule has 2 amide bonds. The molecule has 7 nitrogen and oxygen atoms in total. The van der Waals surface area contributed by atoms with Crippen LogP contribution in [-0.2, 0) is 10.2 Å². The summed E-state index contributed by atoms with van der Waals surface area (Å²) in [5.74, 6) is -0.389. The van der Waals surface area contributed by atoms with Crippen LogP contribution in [0.1, 0.15) is 61.9 Å². The normalized spacial score (nSPS) is 11.7. The van der Waals surface area contributed by atoms with Crippen LogP contribution in [0.3, 0.4) is 0 Å². The first-order valence-electron chi connectivity index (χ1n) is 7.93. The van der Waals surface area contributed by atoms with E-state index in [9.17, 15) is 9.59 Å². The van der Waals surface area contributed by atoms with Crippen molar-refractivity contribution in [2.75, 3.05) is 10.2 Å². The summed E-state index contributed by atoms with van der Waals surface area (Å²) in [6.45, 7) is 13.2. The number of carbonyl (C=O) groups excluding carboxylic acids is 2. The third-order valence-electron chi connectivity index (χ3n) is 3.34. The molecule has 136 valence electrons. The van der Waals surface area contributed by atoms with E-state index in [1.807, 2.05) is 34.6 Å². The fourth-order valence-electron chi connectivity index (χ4n) is 2.15. The fraction of sp³-hybridized carbons (Fsp3) is 0.562. The van der Waals surface area contributed by atoms with E-state index in [1.54, 1.807) is 11.8 Å². The van der Waals surface area contributed by atoms with Gasteiger partial charge in [0.1, 0.15) is 9.88 Å². The molecule has 0 radical (unpaired) electrons. The predicted molar refractivity (Wildman–Crippen MR) is 102 cm³/mol. The van der Waals surface area contributed by atoms with Crippen LogP contribution in [0.4, 0.5) is 10.3 Å². The Morgan fingerprint density at radius 1 is 1.16 bits per heavy atom. The molecule has 2 heterocycles. The van der Waals surface area contributed by atoms with Crippen molar-refractivity contribution >= 4 is 44.8 Å². The Morgan fingerprint density at radius 2 is 1.80 bits per heavy atom. The second-order valence-corrected chi connectivity index (χ2v) is 8.97. The molecular weight excluding hydrogens is 358 g/mol. The summed E-state index contributed by atoms with van der Waals surface area (Å²) in [7, 11) is 0. The summed E-state index contributed by atoms with van der Waals surface area (Å²) in [6, 6.07) is -0.0310. The van der Waals surface area contributed by atoms with Crippen molar-refractivity contribution in [3.8, 4) is 0 Å². The van der Waals surface area contributed by atoms with E-state index < -0.39 is 0 Å². The van der Waals surface area contributed by atoms with Crippen molar-refractivity contribution in [2.45, 2.75) is 59.9 Å². The Kier molecular flexibility index (Phi) is 5.58. The molecule has 9 heteroatoms. The third kappa shape index (κ3) is 4.40. The molecule has 0 atom stereocenters. The highest BCUT2D eigenvalue weighted by atomic mass is 32.1. The van der Waals surface area contributed by atoms with Crippen molar-refractivity contribution in [1.82, 2.24) is 15.2 Å². The number of aryl methyl sites for hydroxylation is 1.